The third-order valence-corrected chi connectivity index (χ3v) is 2.86. The second-order valence-corrected chi connectivity index (χ2v) is 4.85. The topological polar surface area (TPSA) is 38.3 Å². The molecule has 3 nitrogen and oxygen atoms in total. The van der Waals surface area contributed by atoms with E-state index in [1.165, 1.54) is 5.56 Å². The Morgan fingerprint density at radius 1 is 1.35 bits per heavy atom. The Balaban J connectivity index is 1.79. The number of benzene rings is 1. The third kappa shape index (κ3) is 3.77. The molecule has 0 spiro atoms. The molecule has 1 N–H and O–H groups in total. The first kappa shape index (κ1) is 12.0. The van der Waals surface area contributed by atoms with Gasteiger partial charge in [0, 0.05) is 6.04 Å². The van der Waals surface area contributed by atoms with E-state index in [9.17, 15) is 4.79 Å². The summed E-state index contributed by atoms with van der Waals surface area (Å²) in [5.74, 6) is 1.24. The van der Waals surface area contributed by atoms with Crippen LogP contribution in [0, 0.1) is 0 Å². The molecule has 0 atom stereocenters. The molecule has 17 heavy (non-hydrogen) atoms. The SMILES string of the molecule is CC(C)c1ccc(OCC(=O)NC2CC2)cc1. The van der Waals surface area contributed by atoms with Crippen LogP contribution in [0.15, 0.2) is 24.3 Å². The van der Waals surface area contributed by atoms with Crippen molar-refractivity contribution in [3.8, 4) is 5.75 Å². The molecule has 0 aromatic heterocycles. The van der Waals surface area contributed by atoms with Gasteiger partial charge in [-0.2, -0.15) is 0 Å². The molecule has 1 aliphatic carbocycles. The van der Waals surface area contributed by atoms with Crippen LogP contribution < -0.4 is 10.1 Å². The fourth-order valence-electron chi connectivity index (χ4n) is 1.59. The van der Waals surface area contributed by atoms with E-state index in [2.05, 4.69) is 19.2 Å². The molecule has 1 saturated carbocycles. The Bertz CT molecular complexity index is 380. The van der Waals surface area contributed by atoms with E-state index in [-0.39, 0.29) is 12.5 Å². The molecule has 3 heteroatoms. The quantitative estimate of drug-likeness (QED) is 0.848. The van der Waals surface area contributed by atoms with Gasteiger partial charge in [-0.3, -0.25) is 4.79 Å². The van der Waals surface area contributed by atoms with Crippen molar-refractivity contribution in [1.82, 2.24) is 5.32 Å². The lowest BCUT2D eigenvalue weighted by molar-refractivity contribution is -0.123. The van der Waals surface area contributed by atoms with E-state index in [1.807, 2.05) is 24.3 Å². The van der Waals surface area contributed by atoms with Crippen molar-refractivity contribution in [1.29, 1.82) is 0 Å². The van der Waals surface area contributed by atoms with Gasteiger partial charge in [0.05, 0.1) is 0 Å². The normalized spacial score (nSPS) is 14.8. The first-order chi connectivity index (χ1) is 8.15. The molecule has 0 radical (unpaired) electrons. The fraction of sp³-hybridized carbons (Fsp3) is 0.500. The largest absolute Gasteiger partial charge is 0.484 e. The molecule has 1 aromatic carbocycles. The molecule has 0 unspecified atom stereocenters. The number of nitrogens with one attached hydrogen (secondary N) is 1. The van der Waals surface area contributed by atoms with Gasteiger partial charge in [-0.25, -0.2) is 0 Å². The maximum absolute atomic E-state index is 11.4. The van der Waals surface area contributed by atoms with Crippen LogP contribution in [0.2, 0.25) is 0 Å². The van der Waals surface area contributed by atoms with E-state index < -0.39 is 0 Å². The van der Waals surface area contributed by atoms with Gasteiger partial charge in [-0.05, 0) is 36.5 Å². The van der Waals surface area contributed by atoms with E-state index in [0.29, 0.717) is 12.0 Å². The Kier molecular flexibility index (Phi) is 3.67. The predicted molar refractivity (Wildman–Crippen MR) is 67.2 cm³/mol. The van der Waals surface area contributed by atoms with Crippen molar-refractivity contribution >= 4 is 5.91 Å². The minimum absolute atomic E-state index is 0.0274. The summed E-state index contributed by atoms with van der Waals surface area (Å²) in [7, 11) is 0. The number of amides is 1. The van der Waals surface area contributed by atoms with Crippen molar-refractivity contribution in [2.45, 2.75) is 38.6 Å². The molecular formula is C14H19NO2. The Morgan fingerprint density at radius 3 is 2.53 bits per heavy atom. The molecule has 0 bridgehead atoms. The highest BCUT2D eigenvalue weighted by molar-refractivity contribution is 5.78. The molecule has 2 rings (SSSR count). The molecule has 0 heterocycles. The lowest BCUT2D eigenvalue weighted by Crippen LogP contribution is -2.30. The summed E-state index contributed by atoms with van der Waals surface area (Å²) in [5, 5.41) is 2.89. The van der Waals surface area contributed by atoms with Gasteiger partial charge < -0.3 is 10.1 Å². The minimum atomic E-state index is -0.0274. The van der Waals surface area contributed by atoms with E-state index in [1.54, 1.807) is 0 Å². The maximum atomic E-state index is 11.4. The zero-order valence-corrected chi connectivity index (χ0v) is 10.4. The average molecular weight is 233 g/mol. The number of carbonyl (C=O) groups is 1. The van der Waals surface area contributed by atoms with Gasteiger partial charge in [-0.1, -0.05) is 26.0 Å². The minimum Gasteiger partial charge on any atom is -0.484 e. The lowest BCUT2D eigenvalue weighted by atomic mass is 10.0. The Hall–Kier alpha value is -1.51. The maximum Gasteiger partial charge on any atom is 0.258 e. The summed E-state index contributed by atoms with van der Waals surface area (Å²) in [6, 6.07) is 8.31. The highest BCUT2D eigenvalue weighted by Gasteiger charge is 2.23. The van der Waals surface area contributed by atoms with Gasteiger partial charge in [0.2, 0.25) is 0 Å². The molecule has 1 aliphatic rings. The molecule has 1 fully saturated rings. The summed E-state index contributed by atoms with van der Waals surface area (Å²) >= 11 is 0. The molecule has 1 amide bonds. The smallest absolute Gasteiger partial charge is 0.258 e. The zero-order valence-electron chi connectivity index (χ0n) is 10.4. The number of carbonyl (C=O) groups excluding carboxylic acids is 1. The highest BCUT2D eigenvalue weighted by atomic mass is 16.5. The predicted octanol–water partition coefficient (Wildman–Crippen LogP) is 2.47. The van der Waals surface area contributed by atoms with Crippen LogP contribution in [0.1, 0.15) is 38.2 Å². The van der Waals surface area contributed by atoms with Crippen LogP contribution >= 0.6 is 0 Å². The first-order valence-electron chi connectivity index (χ1n) is 6.17. The molecule has 0 aliphatic heterocycles. The fourth-order valence-corrected chi connectivity index (χ4v) is 1.59. The average Bonchev–Trinajstić information content (AvgIpc) is 3.11. The van der Waals surface area contributed by atoms with Crippen molar-refractivity contribution in [3.05, 3.63) is 29.8 Å². The van der Waals surface area contributed by atoms with Gasteiger partial charge in [0.15, 0.2) is 6.61 Å². The molecule has 1 aromatic rings. The van der Waals surface area contributed by atoms with E-state index in [4.69, 9.17) is 4.74 Å². The lowest BCUT2D eigenvalue weighted by Gasteiger charge is -2.09. The van der Waals surface area contributed by atoms with Crippen LogP contribution in [0.5, 0.6) is 5.75 Å². The first-order valence-corrected chi connectivity index (χ1v) is 6.17. The van der Waals surface area contributed by atoms with Crippen LogP contribution in [-0.4, -0.2) is 18.6 Å². The van der Waals surface area contributed by atoms with Gasteiger partial charge >= 0.3 is 0 Å². The summed E-state index contributed by atoms with van der Waals surface area (Å²) in [6.07, 6.45) is 2.21. The van der Waals surface area contributed by atoms with Crippen LogP contribution in [-0.2, 0) is 4.79 Å². The number of hydrogen-bond acceptors (Lipinski definition) is 2. The van der Waals surface area contributed by atoms with E-state index in [0.717, 1.165) is 18.6 Å². The summed E-state index contributed by atoms with van der Waals surface area (Å²) in [4.78, 5) is 11.4. The van der Waals surface area contributed by atoms with Gasteiger partial charge in [0.25, 0.3) is 5.91 Å². The molecular weight excluding hydrogens is 214 g/mol. The molecule has 0 saturated heterocycles. The van der Waals surface area contributed by atoms with Crippen molar-refractivity contribution in [2.24, 2.45) is 0 Å². The summed E-state index contributed by atoms with van der Waals surface area (Å²) in [5.41, 5.74) is 1.28. The monoisotopic (exact) mass is 233 g/mol. The Labute approximate surface area is 102 Å². The van der Waals surface area contributed by atoms with E-state index >= 15 is 0 Å². The number of ether oxygens (including phenoxy) is 1. The van der Waals surface area contributed by atoms with Crippen LogP contribution in [0.25, 0.3) is 0 Å². The van der Waals surface area contributed by atoms with Crippen molar-refractivity contribution in [3.63, 3.8) is 0 Å². The summed E-state index contributed by atoms with van der Waals surface area (Å²) in [6.45, 7) is 4.41. The van der Waals surface area contributed by atoms with Crippen molar-refractivity contribution < 1.29 is 9.53 Å². The summed E-state index contributed by atoms with van der Waals surface area (Å²) < 4.78 is 5.42. The second-order valence-electron chi connectivity index (χ2n) is 4.85. The van der Waals surface area contributed by atoms with Gasteiger partial charge in [-0.15, -0.1) is 0 Å². The molecule has 92 valence electrons. The third-order valence-electron chi connectivity index (χ3n) is 2.86. The van der Waals surface area contributed by atoms with Crippen LogP contribution in [0.3, 0.4) is 0 Å². The van der Waals surface area contributed by atoms with Crippen LogP contribution in [0.4, 0.5) is 0 Å². The highest BCUT2D eigenvalue weighted by Crippen LogP contribution is 2.19. The standard InChI is InChI=1S/C14H19NO2/c1-10(2)11-3-7-13(8-4-11)17-9-14(16)15-12-5-6-12/h3-4,7-8,10,12H,5-6,9H2,1-2H3,(H,15,16). The van der Waals surface area contributed by atoms with Crippen molar-refractivity contribution in [2.75, 3.05) is 6.61 Å². The Morgan fingerprint density at radius 2 is 2.00 bits per heavy atom. The zero-order chi connectivity index (χ0) is 12.3. The number of hydrogen-bond donors (Lipinski definition) is 1. The van der Waals surface area contributed by atoms with Gasteiger partial charge in [0.1, 0.15) is 5.75 Å². The number of rotatable bonds is 5. The second kappa shape index (κ2) is 5.21.